The highest BCUT2D eigenvalue weighted by molar-refractivity contribution is 5.76. The van der Waals surface area contributed by atoms with Crippen molar-refractivity contribution < 1.29 is 14.7 Å². The number of rotatable bonds is 7. The Kier molecular flexibility index (Phi) is 5.31. The van der Waals surface area contributed by atoms with Crippen LogP contribution in [0.3, 0.4) is 0 Å². The highest BCUT2D eigenvalue weighted by Crippen LogP contribution is 1.97. The second-order valence-corrected chi connectivity index (χ2v) is 3.74. The first kappa shape index (κ1) is 12.5. The summed E-state index contributed by atoms with van der Waals surface area (Å²) in [5.74, 6) is -0.944. The average Bonchev–Trinajstić information content (AvgIpc) is 2.70. The van der Waals surface area contributed by atoms with Gasteiger partial charge in [0, 0.05) is 25.4 Å². The van der Waals surface area contributed by atoms with E-state index in [2.05, 4.69) is 15.6 Å². The van der Waals surface area contributed by atoms with Crippen LogP contribution in [0.2, 0.25) is 0 Å². The number of hydrogen-bond acceptors (Lipinski definition) is 4. The molecule has 1 aliphatic heterocycles. The fourth-order valence-electron chi connectivity index (χ4n) is 1.44. The van der Waals surface area contributed by atoms with E-state index >= 15 is 0 Å². The maximum absolute atomic E-state index is 11.2. The van der Waals surface area contributed by atoms with Gasteiger partial charge in [0.25, 0.3) is 0 Å². The van der Waals surface area contributed by atoms with Crippen LogP contribution in [0.15, 0.2) is 4.99 Å². The van der Waals surface area contributed by atoms with E-state index in [9.17, 15) is 9.59 Å². The predicted molar refractivity (Wildman–Crippen MR) is 59.4 cm³/mol. The highest BCUT2D eigenvalue weighted by atomic mass is 16.4. The lowest BCUT2D eigenvalue weighted by Crippen LogP contribution is -2.32. The van der Waals surface area contributed by atoms with Crippen LogP contribution < -0.4 is 10.6 Å². The van der Waals surface area contributed by atoms with E-state index < -0.39 is 5.97 Å². The van der Waals surface area contributed by atoms with Gasteiger partial charge >= 0.3 is 5.97 Å². The van der Waals surface area contributed by atoms with Gasteiger partial charge in [0.05, 0.1) is 12.9 Å². The molecule has 1 heterocycles. The third kappa shape index (κ3) is 5.33. The van der Waals surface area contributed by atoms with Gasteiger partial charge in [0.1, 0.15) is 0 Å². The van der Waals surface area contributed by atoms with Crippen LogP contribution in [0.5, 0.6) is 0 Å². The third-order valence-corrected chi connectivity index (χ3v) is 2.34. The molecule has 6 nitrogen and oxygen atoms in total. The van der Waals surface area contributed by atoms with Crippen molar-refractivity contribution in [1.82, 2.24) is 10.6 Å². The summed E-state index contributed by atoms with van der Waals surface area (Å²) in [5.41, 5.74) is 0. The van der Waals surface area contributed by atoms with Crippen LogP contribution in [0.1, 0.15) is 25.7 Å². The van der Waals surface area contributed by atoms with Gasteiger partial charge in [-0.15, -0.1) is 0 Å². The van der Waals surface area contributed by atoms with Crippen LogP contribution in [0.25, 0.3) is 0 Å². The molecule has 0 aliphatic carbocycles. The molecule has 0 aromatic carbocycles. The fourth-order valence-corrected chi connectivity index (χ4v) is 1.44. The Bertz CT molecular complexity index is 270. The van der Waals surface area contributed by atoms with E-state index in [1.165, 1.54) is 0 Å². The number of nitrogens with zero attached hydrogens (tertiary/aromatic N) is 1. The van der Waals surface area contributed by atoms with E-state index in [1.807, 2.05) is 0 Å². The number of amides is 1. The lowest BCUT2D eigenvalue weighted by Gasteiger charge is -2.10. The Hall–Kier alpha value is -1.59. The molecular formula is C10H17N3O3. The zero-order valence-electron chi connectivity index (χ0n) is 9.11. The zero-order chi connectivity index (χ0) is 11.8. The summed E-state index contributed by atoms with van der Waals surface area (Å²) in [6, 6.07) is 0.319. The topological polar surface area (TPSA) is 90.8 Å². The number of carboxylic acids is 1. The molecule has 0 bridgehead atoms. The lowest BCUT2D eigenvalue weighted by molar-refractivity contribution is -0.137. The number of aliphatic carboxylic acids is 1. The van der Waals surface area contributed by atoms with E-state index in [1.54, 1.807) is 6.34 Å². The summed E-state index contributed by atoms with van der Waals surface area (Å²) in [4.78, 5) is 25.5. The summed E-state index contributed by atoms with van der Waals surface area (Å²) >= 11 is 0. The molecule has 16 heavy (non-hydrogen) atoms. The van der Waals surface area contributed by atoms with Crippen LogP contribution in [-0.4, -0.2) is 42.5 Å². The summed E-state index contributed by atoms with van der Waals surface area (Å²) < 4.78 is 0. The maximum Gasteiger partial charge on any atom is 0.303 e. The Morgan fingerprint density at radius 2 is 2.31 bits per heavy atom. The van der Waals surface area contributed by atoms with Gasteiger partial charge in [0.2, 0.25) is 5.91 Å². The molecule has 0 aromatic heterocycles. The second-order valence-electron chi connectivity index (χ2n) is 3.74. The van der Waals surface area contributed by atoms with E-state index in [4.69, 9.17) is 5.11 Å². The van der Waals surface area contributed by atoms with Crippen molar-refractivity contribution in [2.45, 2.75) is 31.7 Å². The molecule has 0 saturated carbocycles. The average molecular weight is 227 g/mol. The fraction of sp³-hybridized carbons (Fsp3) is 0.700. The number of aliphatic imine (C=N–C) groups is 1. The summed E-state index contributed by atoms with van der Waals surface area (Å²) in [7, 11) is 0. The van der Waals surface area contributed by atoms with Crippen molar-refractivity contribution >= 4 is 18.2 Å². The minimum atomic E-state index is -0.861. The molecule has 3 N–H and O–H groups in total. The van der Waals surface area contributed by atoms with Crippen molar-refractivity contribution in [3.05, 3.63) is 0 Å². The van der Waals surface area contributed by atoms with Crippen molar-refractivity contribution in [1.29, 1.82) is 0 Å². The smallest absolute Gasteiger partial charge is 0.303 e. The van der Waals surface area contributed by atoms with E-state index in [0.717, 1.165) is 13.0 Å². The summed E-state index contributed by atoms with van der Waals surface area (Å²) in [6.07, 6.45) is 3.24. The van der Waals surface area contributed by atoms with Crippen LogP contribution in [0.4, 0.5) is 0 Å². The summed E-state index contributed by atoms with van der Waals surface area (Å²) in [5, 5.41) is 14.2. The van der Waals surface area contributed by atoms with Crippen LogP contribution in [-0.2, 0) is 9.59 Å². The SMILES string of the molecule is O=C(O)CCCC(=O)NCCC1CN=CN1. The molecular weight excluding hydrogens is 210 g/mol. The predicted octanol–water partition coefficient (Wildman–Crippen LogP) is -0.252. The van der Waals surface area contributed by atoms with Gasteiger partial charge in [-0.05, 0) is 12.8 Å². The first-order chi connectivity index (χ1) is 7.68. The maximum atomic E-state index is 11.2. The monoisotopic (exact) mass is 227 g/mol. The number of carbonyl (C=O) groups is 2. The van der Waals surface area contributed by atoms with Gasteiger partial charge in [0.15, 0.2) is 0 Å². The molecule has 1 amide bonds. The number of carboxylic acid groups (broad SMARTS) is 1. The molecule has 1 atom stereocenters. The molecule has 1 rings (SSSR count). The Morgan fingerprint density at radius 1 is 1.50 bits per heavy atom. The Balaban J connectivity index is 1.95. The van der Waals surface area contributed by atoms with Crippen LogP contribution >= 0.6 is 0 Å². The first-order valence-corrected chi connectivity index (χ1v) is 5.41. The molecule has 1 aliphatic rings. The normalized spacial score (nSPS) is 18.1. The van der Waals surface area contributed by atoms with Crippen molar-refractivity contribution in [2.24, 2.45) is 4.99 Å². The van der Waals surface area contributed by atoms with Gasteiger partial charge in [-0.3, -0.25) is 14.6 Å². The highest BCUT2D eigenvalue weighted by Gasteiger charge is 2.10. The standard InChI is InChI=1S/C10H17N3O3/c14-9(2-1-3-10(15)16)12-5-4-8-6-11-7-13-8/h7-8H,1-6H2,(H,11,13)(H,12,14)(H,15,16). The molecule has 0 fully saturated rings. The molecule has 0 spiro atoms. The molecule has 1 unspecified atom stereocenters. The molecule has 6 heteroatoms. The largest absolute Gasteiger partial charge is 0.481 e. The van der Waals surface area contributed by atoms with Crippen molar-refractivity contribution in [2.75, 3.05) is 13.1 Å². The van der Waals surface area contributed by atoms with E-state index in [-0.39, 0.29) is 18.7 Å². The third-order valence-electron chi connectivity index (χ3n) is 2.34. The van der Waals surface area contributed by atoms with Gasteiger partial charge in [-0.25, -0.2) is 0 Å². The van der Waals surface area contributed by atoms with Crippen molar-refractivity contribution in [3.63, 3.8) is 0 Å². The van der Waals surface area contributed by atoms with Crippen LogP contribution in [0, 0.1) is 0 Å². The molecule has 0 saturated heterocycles. The lowest BCUT2D eigenvalue weighted by atomic mass is 10.2. The Morgan fingerprint density at radius 3 is 2.94 bits per heavy atom. The quantitative estimate of drug-likeness (QED) is 0.559. The number of nitrogens with one attached hydrogen (secondary N) is 2. The zero-order valence-corrected chi connectivity index (χ0v) is 9.11. The number of carbonyl (C=O) groups excluding carboxylic acids is 1. The molecule has 0 radical (unpaired) electrons. The number of hydrogen-bond donors (Lipinski definition) is 3. The molecule has 0 aromatic rings. The minimum Gasteiger partial charge on any atom is -0.481 e. The van der Waals surface area contributed by atoms with Gasteiger partial charge in [-0.1, -0.05) is 0 Å². The second kappa shape index (κ2) is 6.81. The molecule has 90 valence electrons. The first-order valence-electron chi connectivity index (χ1n) is 5.41. The minimum absolute atomic E-state index is 0.0471. The van der Waals surface area contributed by atoms with Gasteiger partial charge in [-0.2, -0.15) is 0 Å². The Labute approximate surface area is 94.1 Å². The van der Waals surface area contributed by atoms with E-state index in [0.29, 0.717) is 19.0 Å². The summed E-state index contributed by atoms with van der Waals surface area (Å²) in [6.45, 7) is 1.36. The van der Waals surface area contributed by atoms with Gasteiger partial charge < -0.3 is 15.7 Å². The van der Waals surface area contributed by atoms with Crippen molar-refractivity contribution in [3.8, 4) is 0 Å².